The van der Waals surface area contributed by atoms with Crippen molar-refractivity contribution in [1.82, 2.24) is 0 Å². The predicted octanol–water partition coefficient (Wildman–Crippen LogP) is 2.57. The quantitative estimate of drug-likeness (QED) is 0.824. The second-order valence-corrected chi connectivity index (χ2v) is 5.16. The number of rotatable bonds is 7. The molecule has 106 valence electrons. The van der Waals surface area contributed by atoms with Crippen LogP contribution in [0.2, 0.25) is 0 Å². The lowest BCUT2D eigenvalue weighted by Gasteiger charge is -2.33. The summed E-state index contributed by atoms with van der Waals surface area (Å²) < 4.78 is 18.9. The van der Waals surface area contributed by atoms with Gasteiger partial charge in [-0.2, -0.15) is 0 Å². The van der Waals surface area contributed by atoms with E-state index in [-0.39, 0.29) is 12.4 Å². The molecule has 0 spiro atoms. The first-order valence-electron chi connectivity index (χ1n) is 6.82. The van der Waals surface area contributed by atoms with Gasteiger partial charge in [0.2, 0.25) is 0 Å². The minimum Gasteiger partial charge on any atom is -0.391 e. The van der Waals surface area contributed by atoms with Gasteiger partial charge in [-0.25, -0.2) is 4.39 Å². The number of aliphatic hydroxyl groups is 1. The number of aliphatic hydroxyl groups excluding tert-OH is 1. The molecule has 0 radical (unpaired) electrons. The number of halogens is 1. The number of ether oxygens (including phenoxy) is 1. The first kappa shape index (κ1) is 14.3. The molecule has 1 saturated carbocycles. The van der Waals surface area contributed by atoms with Gasteiger partial charge in [0.05, 0.1) is 13.2 Å². The molecule has 0 bridgehead atoms. The Morgan fingerprint density at radius 3 is 2.79 bits per heavy atom. The van der Waals surface area contributed by atoms with Gasteiger partial charge >= 0.3 is 0 Å². The van der Waals surface area contributed by atoms with Gasteiger partial charge in [-0.3, -0.25) is 0 Å². The van der Waals surface area contributed by atoms with Crippen molar-refractivity contribution in [2.75, 3.05) is 25.2 Å². The van der Waals surface area contributed by atoms with Crippen molar-refractivity contribution in [3.8, 4) is 0 Å². The molecule has 1 aliphatic carbocycles. The van der Waals surface area contributed by atoms with Gasteiger partial charge in [-0.05, 0) is 37.8 Å². The average molecular weight is 267 g/mol. The monoisotopic (exact) mass is 267 g/mol. The molecule has 3 nitrogen and oxygen atoms in total. The van der Waals surface area contributed by atoms with E-state index in [4.69, 9.17) is 4.74 Å². The molecule has 1 aromatic rings. The van der Waals surface area contributed by atoms with E-state index in [9.17, 15) is 9.50 Å². The molecule has 1 unspecified atom stereocenters. The van der Waals surface area contributed by atoms with Crippen molar-refractivity contribution in [3.63, 3.8) is 0 Å². The Labute approximate surface area is 114 Å². The van der Waals surface area contributed by atoms with Crippen LogP contribution in [0.4, 0.5) is 10.1 Å². The van der Waals surface area contributed by atoms with Crippen LogP contribution in [-0.2, 0) is 11.3 Å². The van der Waals surface area contributed by atoms with Crippen molar-refractivity contribution < 1.29 is 14.2 Å². The molecule has 0 amide bonds. The van der Waals surface area contributed by atoms with Gasteiger partial charge in [0.15, 0.2) is 0 Å². The number of anilines is 1. The van der Waals surface area contributed by atoms with Gasteiger partial charge in [-0.15, -0.1) is 0 Å². The fourth-order valence-electron chi connectivity index (χ4n) is 2.54. The maximum absolute atomic E-state index is 13.8. The van der Waals surface area contributed by atoms with E-state index in [1.54, 1.807) is 13.2 Å². The Bertz CT molecular complexity index is 421. The smallest absolute Gasteiger partial charge is 0.130 e. The predicted molar refractivity (Wildman–Crippen MR) is 73.7 cm³/mol. The number of benzene rings is 1. The van der Waals surface area contributed by atoms with Gasteiger partial charge in [0, 0.05) is 30.9 Å². The van der Waals surface area contributed by atoms with Crippen LogP contribution in [0.25, 0.3) is 0 Å². The fourth-order valence-corrected chi connectivity index (χ4v) is 2.54. The number of methoxy groups -OCH3 is 1. The fraction of sp³-hybridized carbons (Fsp3) is 0.600. The average Bonchev–Trinajstić information content (AvgIpc) is 3.23. The zero-order valence-electron chi connectivity index (χ0n) is 11.6. The summed E-state index contributed by atoms with van der Waals surface area (Å²) in [6.07, 6.45) is 2.46. The summed E-state index contributed by atoms with van der Waals surface area (Å²) in [6.45, 7) is 3.20. The highest BCUT2D eigenvalue weighted by atomic mass is 19.1. The van der Waals surface area contributed by atoms with Crippen molar-refractivity contribution in [1.29, 1.82) is 0 Å². The third-order valence-corrected chi connectivity index (χ3v) is 3.89. The number of hydrogen-bond acceptors (Lipinski definition) is 3. The molecule has 1 N–H and O–H groups in total. The SMILES string of the molecule is COCCN(c1cccc(F)c1CO)C(C)C1CC1. The minimum absolute atomic E-state index is 0.275. The van der Waals surface area contributed by atoms with Crippen molar-refractivity contribution in [2.45, 2.75) is 32.4 Å². The van der Waals surface area contributed by atoms with E-state index in [0.717, 1.165) is 5.69 Å². The van der Waals surface area contributed by atoms with Crippen molar-refractivity contribution in [2.24, 2.45) is 5.92 Å². The highest BCUT2D eigenvalue weighted by Gasteiger charge is 2.33. The summed E-state index contributed by atoms with van der Waals surface area (Å²) in [5.74, 6) is 0.331. The highest BCUT2D eigenvalue weighted by molar-refractivity contribution is 5.55. The molecular formula is C15H22FNO2. The minimum atomic E-state index is -0.342. The number of nitrogens with zero attached hydrogens (tertiary/aromatic N) is 1. The Kier molecular flexibility index (Phi) is 4.77. The molecule has 0 heterocycles. The summed E-state index contributed by atoms with van der Waals surface area (Å²) in [4.78, 5) is 2.16. The Morgan fingerprint density at radius 2 is 2.21 bits per heavy atom. The molecule has 0 aromatic heterocycles. The number of hydrogen-bond donors (Lipinski definition) is 1. The standard InChI is InChI=1S/C15H22FNO2/c1-11(12-6-7-12)17(8-9-19-2)15-5-3-4-14(16)13(15)10-18/h3-5,11-12,18H,6-10H2,1-2H3. The van der Waals surface area contributed by atoms with E-state index in [1.165, 1.54) is 18.9 Å². The lowest BCUT2D eigenvalue weighted by molar-refractivity contribution is 0.202. The van der Waals surface area contributed by atoms with Crippen molar-refractivity contribution >= 4 is 5.69 Å². The summed E-state index contributed by atoms with van der Waals surface area (Å²) in [7, 11) is 1.67. The molecular weight excluding hydrogens is 245 g/mol. The zero-order valence-corrected chi connectivity index (χ0v) is 11.6. The lowest BCUT2D eigenvalue weighted by Crippen LogP contribution is -2.38. The molecule has 1 aliphatic rings. The second-order valence-electron chi connectivity index (χ2n) is 5.16. The Hall–Kier alpha value is -1.13. The van der Waals surface area contributed by atoms with Gasteiger partial charge in [-0.1, -0.05) is 6.07 Å². The molecule has 1 aromatic carbocycles. The molecule has 1 fully saturated rings. The van der Waals surface area contributed by atoms with E-state index in [0.29, 0.717) is 30.7 Å². The van der Waals surface area contributed by atoms with E-state index < -0.39 is 0 Å². The summed E-state index contributed by atoms with van der Waals surface area (Å²) in [5, 5.41) is 9.41. The van der Waals surface area contributed by atoms with Crippen LogP contribution in [0.5, 0.6) is 0 Å². The van der Waals surface area contributed by atoms with Crippen molar-refractivity contribution in [3.05, 3.63) is 29.6 Å². The lowest BCUT2D eigenvalue weighted by atomic mass is 10.1. The maximum atomic E-state index is 13.8. The first-order chi connectivity index (χ1) is 9.19. The summed E-state index contributed by atoms with van der Waals surface area (Å²) in [6, 6.07) is 5.32. The van der Waals surface area contributed by atoms with Crippen LogP contribution < -0.4 is 4.90 Å². The first-order valence-corrected chi connectivity index (χ1v) is 6.82. The van der Waals surface area contributed by atoms with Crippen LogP contribution in [-0.4, -0.2) is 31.4 Å². The second kappa shape index (κ2) is 6.35. The van der Waals surface area contributed by atoms with Crippen LogP contribution >= 0.6 is 0 Å². The van der Waals surface area contributed by atoms with E-state index in [1.807, 2.05) is 6.07 Å². The molecule has 1 atom stereocenters. The van der Waals surface area contributed by atoms with Crippen LogP contribution in [0.1, 0.15) is 25.3 Å². The highest BCUT2D eigenvalue weighted by Crippen LogP contribution is 2.38. The maximum Gasteiger partial charge on any atom is 0.130 e. The Morgan fingerprint density at radius 1 is 1.47 bits per heavy atom. The summed E-state index contributed by atoms with van der Waals surface area (Å²) in [5.41, 5.74) is 1.17. The molecule has 0 saturated heterocycles. The summed E-state index contributed by atoms with van der Waals surface area (Å²) >= 11 is 0. The normalized spacial score (nSPS) is 16.4. The van der Waals surface area contributed by atoms with E-state index >= 15 is 0 Å². The van der Waals surface area contributed by atoms with Crippen LogP contribution in [0, 0.1) is 11.7 Å². The third-order valence-electron chi connectivity index (χ3n) is 3.89. The molecule has 2 rings (SSSR count). The van der Waals surface area contributed by atoms with Gasteiger partial charge < -0.3 is 14.7 Å². The van der Waals surface area contributed by atoms with Crippen LogP contribution in [0.15, 0.2) is 18.2 Å². The zero-order chi connectivity index (χ0) is 13.8. The van der Waals surface area contributed by atoms with Gasteiger partial charge in [0.1, 0.15) is 5.82 Å². The molecule has 0 aliphatic heterocycles. The molecule has 4 heteroatoms. The largest absolute Gasteiger partial charge is 0.391 e. The molecule has 19 heavy (non-hydrogen) atoms. The third kappa shape index (κ3) is 3.25. The Balaban J connectivity index is 2.28. The van der Waals surface area contributed by atoms with E-state index in [2.05, 4.69) is 11.8 Å². The van der Waals surface area contributed by atoms with Gasteiger partial charge in [0.25, 0.3) is 0 Å². The topological polar surface area (TPSA) is 32.7 Å². The van der Waals surface area contributed by atoms with Crippen LogP contribution in [0.3, 0.4) is 0 Å².